The van der Waals surface area contributed by atoms with Gasteiger partial charge in [-0.05, 0) is 18.8 Å². The van der Waals surface area contributed by atoms with Gasteiger partial charge in [0.1, 0.15) is 0 Å². The monoisotopic (exact) mass is 146 g/mol. The van der Waals surface area contributed by atoms with E-state index in [-0.39, 0.29) is 11.5 Å². The molecule has 62 valence electrons. The second kappa shape index (κ2) is 3.94. The van der Waals surface area contributed by atoms with Crippen LogP contribution in [0.2, 0.25) is 0 Å². The van der Waals surface area contributed by atoms with Crippen LogP contribution in [0.25, 0.3) is 0 Å². The minimum absolute atomic E-state index is 0.100. The molecule has 0 saturated carbocycles. The van der Waals surface area contributed by atoms with E-state index in [4.69, 9.17) is 9.84 Å². The Hall–Kier alpha value is -0.0800. The number of methoxy groups -OCH3 is 1. The van der Waals surface area contributed by atoms with Crippen molar-refractivity contribution in [1.82, 2.24) is 0 Å². The highest BCUT2D eigenvalue weighted by atomic mass is 16.5. The Bertz CT molecular complexity index is 87.3. The molecule has 0 spiro atoms. The molecular weight excluding hydrogens is 128 g/mol. The van der Waals surface area contributed by atoms with E-state index in [0.29, 0.717) is 6.61 Å². The zero-order valence-corrected chi connectivity index (χ0v) is 7.35. The molecule has 0 aromatic heterocycles. The maximum atomic E-state index is 9.06. The minimum Gasteiger partial charge on any atom is -0.393 e. The maximum Gasteiger partial charge on any atom is 0.0518 e. The Labute approximate surface area is 63.2 Å². The molecule has 10 heavy (non-hydrogen) atoms. The third kappa shape index (κ3) is 4.77. The van der Waals surface area contributed by atoms with Crippen LogP contribution in [0.1, 0.15) is 27.2 Å². The molecular formula is C8H18O2. The molecule has 0 radical (unpaired) electrons. The Morgan fingerprint density at radius 2 is 2.00 bits per heavy atom. The van der Waals surface area contributed by atoms with E-state index in [1.165, 1.54) is 0 Å². The second-order valence-corrected chi connectivity index (χ2v) is 3.65. The van der Waals surface area contributed by atoms with E-state index >= 15 is 0 Å². The summed E-state index contributed by atoms with van der Waals surface area (Å²) in [6.07, 6.45) is 0.561. The third-order valence-corrected chi connectivity index (χ3v) is 1.38. The molecule has 0 amide bonds. The highest BCUT2D eigenvalue weighted by molar-refractivity contribution is 4.69. The van der Waals surface area contributed by atoms with Crippen LogP contribution in [-0.2, 0) is 4.74 Å². The number of aliphatic hydroxyl groups excluding tert-OH is 1. The standard InChI is InChI=1S/C8H18O2/c1-7(9)5-8(2,3)6-10-4/h7,9H,5-6H2,1-4H3. The summed E-state index contributed by atoms with van der Waals surface area (Å²) in [5.41, 5.74) is 0.100. The summed E-state index contributed by atoms with van der Waals surface area (Å²) in [6.45, 7) is 6.68. The highest BCUT2D eigenvalue weighted by Crippen LogP contribution is 2.21. The van der Waals surface area contributed by atoms with Gasteiger partial charge in [-0.25, -0.2) is 0 Å². The zero-order chi connectivity index (χ0) is 8.20. The Morgan fingerprint density at radius 3 is 2.30 bits per heavy atom. The van der Waals surface area contributed by atoms with Gasteiger partial charge in [0.2, 0.25) is 0 Å². The summed E-state index contributed by atoms with van der Waals surface area (Å²) in [4.78, 5) is 0. The molecule has 1 unspecified atom stereocenters. The summed E-state index contributed by atoms with van der Waals surface area (Å²) in [6, 6.07) is 0. The molecule has 0 bridgehead atoms. The fraction of sp³-hybridized carbons (Fsp3) is 1.00. The largest absolute Gasteiger partial charge is 0.393 e. The topological polar surface area (TPSA) is 29.5 Å². The van der Waals surface area contributed by atoms with Gasteiger partial charge in [0.15, 0.2) is 0 Å². The lowest BCUT2D eigenvalue weighted by Crippen LogP contribution is -2.23. The van der Waals surface area contributed by atoms with Gasteiger partial charge in [0, 0.05) is 7.11 Å². The van der Waals surface area contributed by atoms with Crippen LogP contribution < -0.4 is 0 Å². The van der Waals surface area contributed by atoms with Gasteiger partial charge >= 0.3 is 0 Å². The lowest BCUT2D eigenvalue weighted by molar-refractivity contribution is 0.0572. The van der Waals surface area contributed by atoms with Crippen molar-refractivity contribution >= 4 is 0 Å². The van der Waals surface area contributed by atoms with Crippen LogP contribution >= 0.6 is 0 Å². The van der Waals surface area contributed by atoms with E-state index < -0.39 is 0 Å². The first-order valence-corrected chi connectivity index (χ1v) is 3.65. The molecule has 0 aliphatic rings. The first kappa shape index (κ1) is 9.92. The van der Waals surface area contributed by atoms with Crippen molar-refractivity contribution in [2.24, 2.45) is 5.41 Å². The molecule has 0 aromatic carbocycles. The van der Waals surface area contributed by atoms with E-state index in [0.717, 1.165) is 6.42 Å². The van der Waals surface area contributed by atoms with Crippen molar-refractivity contribution in [3.63, 3.8) is 0 Å². The van der Waals surface area contributed by atoms with E-state index in [1.54, 1.807) is 14.0 Å². The molecule has 2 nitrogen and oxygen atoms in total. The molecule has 0 heterocycles. The predicted molar refractivity (Wildman–Crippen MR) is 42.0 cm³/mol. The number of aliphatic hydroxyl groups is 1. The number of rotatable bonds is 4. The van der Waals surface area contributed by atoms with Crippen molar-refractivity contribution in [3.05, 3.63) is 0 Å². The van der Waals surface area contributed by atoms with Gasteiger partial charge in [0.05, 0.1) is 12.7 Å². The highest BCUT2D eigenvalue weighted by Gasteiger charge is 2.19. The molecule has 0 aromatic rings. The lowest BCUT2D eigenvalue weighted by Gasteiger charge is -2.24. The molecule has 0 rings (SSSR count). The van der Waals surface area contributed by atoms with Crippen LogP contribution in [0.4, 0.5) is 0 Å². The van der Waals surface area contributed by atoms with Crippen LogP contribution in [0.3, 0.4) is 0 Å². The van der Waals surface area contributed by atoms with Crippen LogP contribution in [0.5, 0.6) is 0 Å². The van der Waals surface area contributed by atoms with Crippen molar-refractivity contribution in [2.75, 3.05) is 13.7 Å². The number of hydrogen-bond donors (Lipinski definition) is 1. The number of hydrogen-bond acceptors (Lipinski definition) is 2. The number of ether oxygens (including phenoxy) is 1. The summed E-state index contributed by atoms with van der Waals surface area (Å²) < 4.78 is 5.00. The molecule has 2 heteroatoms. The third-order valence-electron chi connectivity index (χ3n) is 1.38. The van der Waals surface area contributed by atoms with Gasteiger partial charge in [-0.2, -0.15) is 0 Å². The smallest absolute Gasteiger partial charge is 0.0518 e. The van der Waals surface area contributed by atoms with E-state index in [2.05, 4.69) is 13.8 Å². The molecule has 0 saturated heterocycles. The van der Waals surface area contributed by atoms with E-state index in [1.807, 2.05) is 0 Å². The minimum atomic E-state index is -0.231. The van der Waals surface area contributed by atoms with Crippen molar-refractivity contribution < 1.29 is 9.84 Å². The molecule has 0 fully saturated rings. The molecule has 1 atom stereocenters. The Morgan fingerprint density at radius 1 is 1.50 bits per heavy atom. The van der Waals surface area contributed by atoms with Crippen LogP contribution in [0, 0.1) is 5.41 Å². The van der Waals surface area contributed by atoms with Crippen LogP contribution in [-0.4, -0.2) is 24.9 Å². The lowest BCUT2D eigenvalue weighted by atomic mass is 9.88. The zero-order valence-electron chi connectivity index (χ0n) is 7.35. The summed E-state index contributed by atoms with van der Waals surface area (Å²) in [5, 5.41) is 9.06. The molecule has 0 aliphatic heterocycles. The Balaban J connectivity index is 3.63. The van der Waals surface area contributed by atoms with Crippen molar-refractivity contribution in [2.45, 2.75) is 33.3 Å². The first-order chi connectivity index (χ1) is 4.48. The quantitative estimate of drug-likeness (QED) is 0.650. The van der Waals surface area contributed by atoms with Crippen LogP contribution in [0.15, 0.2) is 0 Å². The summed E-state index contributed by atoms with van der Waals surface area (Å²) in [7, 11) is 1.68. The first-order valence-electron chi connectivity index (χ1n) is 3.65. The van der Waals surface area contributed by atoms with Crippen molar-refractivity contribution in [3.8, 4) is 0 Å². The fourth-order valence-corrected chi connectivity index (χ4v) is 1.25. The maximum absolute atomic E-state index is 9.06. The summed E-state index contributed by atoms with van der Waals surface area (Å²) in [5.74, 6) is 0. The van der Waals surface area contributed by atoms with Crippen molar-refractivity contribution in [1.29, 1.82) is 0 Å². The van der Waals surface area contributed by atoms with Gasteiger partial charge in [0.25, 0.3) is 0 Å². The fourth-order valence-electron chi connectivity index (χ4n) is 1.25. The van der Waals surface area contributed by atoms with Gasteiger partial charge < -0.3 is 9.84 Å². The van der Waals surface area contributed by atoms with Gasteiger partial charge in [-0.15, -0.1) is 0 Å². The SMILES string of the molecule is COCC(C)(C)CC(C)O. The summed E-state index contributed by atoms with van der Waals surface area (Å²) >= 11 is 0. The normalized spacial score (nSPS) is 15.3. The molecule has 0 aliphatic carbocycles. The second-order valence-electron chi connectivity index (χ2n) is 3.65. The molecule has 1 N–H and O–H groups in total. The average molecular weight is 146 g/mol. The van der Waals surface area contributed by atoms with E-state index in [9.17, 15) is 0 Å². The predicted octanol–water partition coefficient (Wildman–Crippen LogP) is 1.43. The average Bonchev–Trinajstić information content (AvgIpc) is 1.59. The van der Waals surface area contributed by atoms with Gasteiger partial charge in [-0.3, -0.25) is 0 Å². The Kier molecular flexibility index (Phi) is 3.91. The van der Waals surface area contributed by atoms with Gasteiger partial charge in [-0.1, -0.05) is 13.8 Å².